The van der Waals surface area contributed by atoms with E-state index in [-0.39, 0.29) is 6.54 Å². The summed E-state index contributed by atoms with van der Waals surface area (Å²) in [6.45, 7) is 0.480. The molecule has 0 aliphatic carbocycles. The monoisotopic (exact) mass is 497 g/mol. The van der Waals surface area contributed by atoms with E-state index >= 15 is 0 Å². The molecule has 0 aromatic carbocycles. The molecule has 0 saturated carbocycles. The summed E-state index contributed by atoms with van der Waals surface area (Å²) >= 11 is 16.6. The van der Waals surface area contributed by atoms with E-state index in [1.807, 2.05) is 0 Å². The summed E-state index contributed by atoms with van der Waals surface area (Å²) in [5, 5.41) is 3.21. The van der Waals surface area contributed by atoms with E-state index in [0.717, 1.165) is 5.01 Å². The summed E-state index contributed by atoms with van der Waals surface area (Å²) < 4.78 is 37.2. The fraction of sp³-hybridized carbons (Fsp3) is 0.812. The summed E-state index contributed by atoms with van der Waals surface area (Å²) in [6.07, 6.45) is -0.282. The maximum atomic E-state index is 12.8. The average Bonchev–Trinajstić information content (AvgIpc) is 2.60. The van der Waals surface area contributed by atoms with Crippen molar-refractivity contribution in [1.82, 2.24) is 15.8 Å². The normalized spacial score (nSPS) is 18.7. The van der Waals surface area contributed by atoms with E-state index in [1.54, 1.807) is 20.8 Å². The topological polar surface area (TPSA) is 106 Å². The minimum atomic E-state index is -3.15. The Balaban J connectivity index is 2.78. The van der Waals surface area contributed by atoms with Gasteiger partial charge in [0.15, 0.2) is 0 Å². The number of carbonyl (C=O) groups excluding carboxylic acids is 3. The molecule has 174 valence electrons. The molecule has 14 heteroatoms. The Kier molecular flexibility index (Phi) is 10.3. The van der Waals surface area contributed by atoms with Crippen LogP contribution in [-0.2, 0) is 23.8 Å². The minimum Gasteiger partial charge on any atom is -0.460 e. The van der Waals surface area contributed by atoms with Crippen LogP contribution in [0.1, 0.15) is 33.6 Å². The molecular formula is C16H24Cl3F2N3O6. The predicted molar refractivity (Wildman–Crippen MR) is 104 cm³/mol. The van der Waals surface area contributed by atoms with Gasteiger partial charge < -0.3 is 19.5 Å². The predicted octanol–water partition coefficient (Wildman–Crippen LogP) is 2.53. The molecule has 2 atom stereocenters. The van der Waals surface area contributed by atoms with E-state index in [4.69, 9.17) is 44.3 Å². The van der Waals surface area contributed by atoms with Gasteiger partial charge in [0.1, 0.15) is 24.3 Å². The van der Waals surface area contributed by atoms with Crippen molar-refractivity contribution in [2.75, 3.05) is 19.8 Å². The van der Waals surface area contributed by atoms with Crippen molar-refractivity contribution in [3.63, 3.8) is 0 Å². The standard InChI is InChI=1S/C16H24Cl3F2N3O6/c1-15(2,3)30-14(27)22-10(7-28-13(20)21)11(25)24-6-4-5-9(23-24)12(26)29-8-16(17,18)19/h9-10,13,23H,4-8H2,1-3H3,(H,22,27). The Morgan fingerprint density at radius 2 is 1.87 bits per heavy atom. The van der Waals surface area contributed by atoms with Gasteiger partial charge in [-0.3, -0.25) is 14.6 Å². The first-order valence-corrected chi connectivity index (χ1v) is 10.0. The molecule has 9 nitrogen and oxygen atoms in total. The summed E-state index contributed by atoms with van der Waals surface area (Å²) in [6, 6.07) is -2.43. The van der Waals surface area contributed by atoms with Gasteiger partial charge in [-0.05, 0) is 33.6 Å². The minimum absolute atomic E-state index is 0.147. The zero-order valence-electron chi connectivity index (χ0n) is 16.6. The maximum Gasteiger partial charge on any atom is 0.408 e. The zero-order valence-corrected chi connectivity index (χ0v) is 18.8. The summed E-state index contributed by atoms with van der Waals surface area (Å²) in [5.41, 5.74) is 1.75. The molecular weight excluding hydrogens is 475 g/mol. The van der Waals surface area contributed by atoms with E-state index < -0.39 is 59.3 Å². The summed E-state index contributed by atoms with van der Waals surface area (Å²) in [5.74, 6) is -1.57. The van der Waals surface area contributed by atoms with Crippen molar-refractivity contribution in [3.05, 3.63) is 0 Å². The first kappa shape index (κ1) is 26.9. The number of alkyl halides is 5. The lowest BCUT2D eigenvalue weighted by atomic mass is 10.1. The van der Waals surface area contributed by atoms with Crippen LogP contribution in [0.15, 0.2) is 0 Å². The van der Waals surface area contributed by atoms with Gasteiger partial charge in [0.25, 0.3) is 5.91 Å². The van der Waals surface area contributed by atoms with E-state index in [9.17, 15) is 23.2 Å². The zero-order chi connectivity index (χ0) is 23.1. The van der Waals surface area contributed by atoms with Gasteiger partial charge in [-0.25, -0.2) is 10.2 Å². The molecule has 1 aliphatic rings. The van der Waals surface area contributed by atoms with Crippen molar-refractivity contribution in [1.29, 1.82) is 0 Å². The molecule has 1 heterocycles. The number of nitrogens with zero attached hydrogens (tertiary/aromatic N) is 1. The van der Waals surface area contributed by atoms with Crippen LogP contribution in [0.2, 0.25) is 0 Å². The molecule has 0 spiro atoms. The SMILES string of the molecule is CC(C)(C)OC(=O)NC(COC(F)F)C(=O)N1CCCC(C(=O)OCC(Cl)(Cl)Cl)N1. The van der Waals surface area contributed by atoms with E-state index in [2.05, 4.69) is 15.5 Å². The molecule has 1 aliphatic heterocycles. The van der Waals surface area contributed by atoms with Gasteiger partial charge in [0.05, 0.1) is 6.61 Å². The van der Waals surface area contributed by atoms with Crippen molar-refractivity contribution in [3.8, 4) is 0 Å². The second-order valence-corrected chi connectivity index (χ2v) is 9.85. The fourth-order valence-corrected chi connectivity index (χ4v) is 2.51. The lowest BCUT2D eigenvalue weighted by Gasteiger charge is -2.35. The number of ether oxygens (including phenoxy) is 3. The van der Waals surface area contributed by atoms with Crippen LogP contribution in [0, 0.1) is 0 Å². The molecule has 0 aromatic rings. The van der Waals surface area contributed by atoms with Gasteiger partial charge in [-0.2, -0.15) is 8.78 Å². The number of amides is 2. The van der Waals surface area contributed by atoms with Crippen LogP contribution in [0.5, 0.6) is 0 Å². The van der Waals surface area contributed by atoms with Gasteiger partial charge in [-0.1, -0.05) is 34.8 Å². The highest BCUT2D eigenvalue weighted by molar-refractivity contribution is 6.67. The smallest absolute Gasteiger partial charge is 0.408 e. The van der Waals surface area contributed by atoms with Crippen LogP contribution < -0.4 is 10.7 Å². The Bertz CT molecular complexity index is 616. The van der Waals surface area contributed by atoms with Gasteiger partial charge in [0, 0.05) is 6.54 Å². The lowest BCUT2D eigenvalue weighted by Crippen LogP contribution is -2.61. The molecule has 2 unspecified atom stereocenters. The van der Waals surface area contributed by atoms with Gasteiger partial charge in [-0.15, -0.1) is 0 Å². The number of rotatable bonds is 7. The first-order valence-electron chi connectivity index (χ1n) is 8.88. The van der Waals surface area contributed by atoms with Crippen molar-refractivity contribution < 1.29 is 37.4 Å². The number of esters is 1. The van der Waals surface area contributed by atoms with Gasteiger partial charge in [0.2, 0.25) is 3.79 Å². The number of hydrazine groups is 1. The third kappa shape index (κ3) is 10.8. The fourth-order valence-electron chi connectivity index (χ4n) is 2.35. The van der Waals surface area contributed by atoms with E-state index in [1.165, 1.54) is 0 Å². The number of halogens is 5. The van der Waals surface area contributed by atoms with Crippen LogP contribution in [0.25, 0.3) is 0 Å². The molecule has 2 N–H and O–H groups in total. The van der Waals surface area contributed by atoms with Crippen LogP contribution in [0.3, 0.4) is 0 Å². The van der Waals surface area contributed by atoms with Crippen molar-refractivity contribution in [2.24, 2.45) is 0 Å². The third-order valence-corrected chi connectivity index (χ3v) is 3.82. The molecule has 1 saturated heterocycles. The highest BCUT2D eigenvalue weighted by Gasteiger charge is 2.35. The molecule has 0 aromatic heterocycles. The largest absolute Gasteiger partial charge is 0.460 e. The summed E-state index contributed by atoms with van der Waals surface area (Å²) in [4.78, 5) is 36.8. The number of carbonyl (C=O) groups is 3. The van der Waals surface area contributed by atoms with Crippen LogP contribution >= 0.6 is 34.8 Å². The molecule has 1 fully saturated rings. The molecule has 0 bridgehead atoms. The first-order chi connectivity index (χ1) is 13.7. The maximum absolute atomic E-state index is 12.8. The number of hydrogen-bond acceptors (Lipinski definition) is 7. The van der Waals surface area contributed by atoms with Crippen molar-refractivity contribution >= 4 is 52.8 Å². The highest BCUT2D eigenvalue weighted by Crippen LogP contribution is 2.26. The molecule has 2 amide bonds. The molecule has 30 heavy (non-hydrogen) atoms. The third-order valence-electron chi connectivity index (χ3n) is 3.49. The van der Waals surface area contributed by atoms with Crippen LogP contribution in [-0.4, -0.2) is 70.8 Å². The second-order valence-electron chi connectivity index (χ2n) is 7.33. The number of nitrogens with one attached hydrogen (secondary N) is 2. The summed E-state index contributed by atoms with van der Waals surface area (Å²) in [7, 11) is 0. The van der Waals surface area contributed by atoms with Crippen molar-refractivity contribution in [2.45, 2.75) is 61.7 Å². The second kappa shape index (κ2) is 11.5. The average molecular weight is 499 g/mol. The Labute approximate surface area is 187 Å². The Morgan fingerprint density at radius 3 is 2.40 bits per heavy atom. The lowest BCUT2D eigenvalue weighted by molar-refractivity contribution is -0.157. The highest BCUT2D eigenvalue weighted by atomic mass is 35.6. The molecule has 1 rings (SSSR count). The Morgan fingerprint density at radius 1 is 1.23 bits per heavy atom. The number of alkyl carbamates (subject to hydrolysis) is 1. The van der Waals surface area contributed by atoms with Gasteiger partial charge >= 0.3 is 18.7 Å². The van der Waals surface area contributed by atoms with Crippen LogP contribution in [0.4, 0.5) is 13.6 Å². The number of hydrogen-bond donors (Lipinski definition) is 2. The van der Waals surface area contributed by atoms with E-state index in [0.29, 0.717) is 12.8 Å². The Hall–Kier alpha value is -1.14. The molecule has 0 radical (unpaired) electrons. The quantitative estimate of drug-likeness (QED) is 0.410.